The first kappa shape index (κ1) is 12.6. The van der Waals surface area contributed by atoms with Crippen LogP contribution in [-0.2, 0) is 9.47 Å². The second-order valence-corrected chi connectivity index (χ2v) is 5.82. The van der Waals surface area contributed by atoms with Gasteiger partial charge in [-0.15, -0.1) is 0 Å². The SMILES string of the molecule is CC(C)(C)OC(=O)N1CCO[C@H]2[C@@H](N)CC[C@@H]21. The summed E-state index contributed by atoms with van der Waals surface area (Å²) >= 11 is 0. The van der Waals surface area contributed by atoms with E-state index in [-0.39, 0.29) is 24.3 Å². The topological polar surface area (TPSA) is 64.8 Å². The van der Waals surface area contributed by atoms with Crippen molar-refractivity contribution in [1.29, 1.82) is 0 Å². The van der Waals surface area contributed by atoms with Gasteiger partial charge in [-0.1, -0.05) is 0 Å². The Labute approximate surface area is 102 Å². The molecule has 3 atom stereocenters. The summed E-state index contributed by atoms with van der Waals surface area (Å²) in [6, 6.07) is 0.138. The number of morpholine rings is 1. The highest BCUT2D eigenvalue weighted by Gasteiger charge is 2.44. The molecule has 1 aliphatic heterocycles. The predicted molar refractivity (Wildman–Crippen MR) is 63.7 cm³/mol. The maximum Gasteiger partial charge on any atom is 0.410 e. The Morgan fingerprint density at radius 2 is 2.12 bits per heavy atom. The van der Waals surface area contributed by atoms with Crippen molar-refractivity contribution in [1.82, 2.24) is 4.90 Å². The van der Waals surface area contributed by atoms with Gasteiger partial charge in [0, 0.05) is 12.6 Å². The third kappa shape index (κ3) is 2.72. The lowest BCUT2D eigenvalue weighted by molar-refractivity contribution is -0.0676. The first-order valence-electron chi connectivity index (χ1n) is 6.25. The predicted octanol–water partition coefficient (Wildman–Crippen LogP) is 1.11. The van der Waals surface area contributed by atoms with Crippen molar-refractivity contribution in [2.24, 2.45) is 5.73 Å². The van der Waals surface area contributed by atoms with Gasteiger partial charge < -0.3 is 20.1 Å². The van der Waals surface area contributed by atoms with E-state index in [2.05, 4.69) is 0 Å². The molecule has 0 aromatic rings. The van der Waals surface area contributed by atoms with Crippen molar-refractivity contribution in [3.05, 3.63) is 0 Å². The fraction of sp³-hybridized carbons (Fsp3) is 0.917. The zero-order valence-electron chi connectivity index (χ0n) is 10.8. The number of carbonyl (C=O) groups is 1. The van der Waals surface area contributed by atoms with Crippen molar-refractivity contribution < 1.29 is 14.3 Å². The van der Waals surface area contributed by atoms with E-state index in [1.165, 1.54) is 0 Å². The third-order valence-corrected chi connectivity index (χ3v) is 3.27. The van der Waals surface area contributed by atoms with Gasteiger partial charge in [-0.25, -0.2) is 4.79 Å². The molecular formula is C12H22N2O3. The van der Waals surface area contributed by atoms with Crippen molar-refractivity contribution in [2.75, 3.05) is 13.2 Å². The first-order valence-corrected chi connectivity index (χ1v) is 6.25. The average molecular weight is 242 g/mol. The number of hydrogen-bond acceptors (Lipinski definition) is 4. The van der Waals surface area contributed by atoms with Gasteiger partial charge in [0.1, 0.15) is 5.60 Å². The molecule has 0 aromatic carbocycles. The van der Waals surface area contributed by atoms with E-state index >= 15 is 0 Å². The Hall–Kier alpha value is -0.810. The summed E-state index contributed by atoms with van der Waals surface area (Å²) in [5, 5.41) is 0. The molecule has 1 aliphatic carbocycles. The number of carbonyl (C=O) groups excluding carboxylic acids is 1. The van der Waals surface area contributed by atoms with Crippen LogP contribution in [0.3, 0.4) is 0 Å². The largest absolute Gasteiger partial charge is 0.444 e. The lowest BCUT2D eigenvalue weighted by Gasteiger charge is -2.39. The normalized spacial score (nSPS) is 33.4. The minimum Gasteiger partial charge on any atom is -0.444 e. The first-order chi connectivity index (χ1) is 7.88. The minimum absolute atomic E-state index is 0.0173. The Balaban J connectivity index is 2.03. The number of amides is 1. The Morgan fingerprint density at radius 1 is 1.41 bits per heavy atom. The van der Waals surface area contributed by atoms with E-state index in [4.69, 9.17) is 15.2 Å². The summed E-state index contributed by atoms with van der Waals surface area (Å²) in [6.45, 7) is 6.78. The minimum atomic E-state index is -0.453. The fourth-order valence-electron chi connectivity index (χ4n) is 2.55. The molecule has 17 heavy (non-hydrogen) atoms. The lowest BCUT2D eigenvalue weighted by atomic mass is 10.1. The zero-order chi connectivity index (χ0) is 12.6. The van der Waals surface area contributed by atoms with Gasteiger partial charge in [0.2, 0.25) is 0 Å². The molecule has 1 amide bonds. The van der Waals surface area contributed by atoms with Gasteiger partial charge in [-0.05, 0) is 33.6 Å². The van der Waals surface area contributed by atoms with E-state index in [1.807, 2.05) is 20.8 Å². The molecule has 1 heterocycles. The van der Waals surface area contributed by atoms with Crippen LogP contribution in [0.2, 0.25) is 0 Å². The smallest absolute Gasteiger partial charge is 0.410 e. The van der Waals surface area contributed by atoms with Crippen LogP contribution >= 0.6 is 0 Å². The molecular weight excluding hydrogens is 220 g/mol. The summed E-state index contributed by atoms with van der Waals surface area (Å²) in [4.78, 5) is 13.9. The summed E-state index contributed by atoms with van der Waals surface area (Å²) in [7, 11) is 0. The summed E-state index contributed by atoms with van der Waals surface area (Å²) in [5.74, 6) is 0. The van der Waals surface area contributed by atoms with Crippen molar-refractivity contribution in [3.8, 4) is 0 Å². The number of hydrogen-bond donors (Lipinski definition) is 1. The van der Waals surface area contributed by atoms with Crippen LogP contribution in [0.25, 0.3) is 0 Å². The van der Waals surface area contributed by atoms with E-state index in [9.17, 15) is 4.79 Å². The Kier molecular flexibility index (Phi) is 3.32. The number of fused-ring (bicyclic) bond motifs is 1. The molecule has 2 aliphatic rings. The van der Waals surface area contributed by atoms with Gasteiger partial charge in [-0.2, -0.15) is 0 Å². The molecule has 1 saturated heterocycles. The van der Waals surface area contributed by atoms with E-state index < -0.39 is 5.60 Å². The molecule has 2 fully saturated rings. The second-order valence-electron chi connectivity index (χ2n) is 5.82. The number of nitrogens with two attached hydrogens (primary N) is 1. The number of ether oxygens (including phenoxy) is 2. The van der Waals surface area contributed by atoms with Gasteiger partial charge in [0.15, 0.2) is 0 Å². The lowest BCUT2D eigenvalue weighted by Crippen LogP contribution is -2.55. The molecule has 5 heteroatoms. The highest BCUT2D eigenvalue weighted by molar-refractivity contribution is 5.69. The van der Waals surface area contributed by atoms with Gasteiger partial charge in [-0.3, -0.25) is 0 Å². The van der Waals surface area contributed by atoms with Crippen molar-refractivity contribution in [2.45, 2.75) is 57.4 Å². The van der Waals surface area contributed by atoms with Crippen LogP contribution < -0.4 is 5.73 Å². The molecule has 98 valence electrons. The summed E-state index contributed by atoms with van der Waals surface area (Å²) in [6.07, 6.45) is 1.56. The van der Waals surface area contributed by atoms with Crippen LogP contribution in [0, 0.1) is 0 Å². The molecule has 2 rings (SSSR count). The number of nitrogens with zero attached hydrogens (tertiary/aromatic N) is 1. The maximum atomic E-state index is 12.1. The standard InChI is InChI=1S/C12H22N2O3/c1-12(2,3)17-11(15)14-6-7-16-10-8(13)4-5-9(10)14/h8-10H,4-7,13H2,1-3H3/t8-,9-,10-/m0/s1. The molecule has 2 N–H and O–H groups in total. The summed E-state index contributed by atoms with van der Waals surface area (Å²) < 4.78 is 11.1. The molecule has 1 saturated carbocycles. The highest BCUT2D eigenvalue weighted by Crippen LogP contribution is 2.30. The monoisotopic (exact) mass is 242 g/mol. The van der Waals surface area contributed by atoms with Crippen LogP contribution in [0.4, 0.5) is 4.79 Å². The summed E-state index contributed by atoms with van der Waals surface area (Å²) in [5.41, 5.74) is 5.52. The van der Waals surface area contributed by atoms with E-state index in [0.717, 1.165) is 12.8 Å². The molecule has 0 unspecified atom stereocenters. The Morgan fingerprint density at radius 3 is 2.76 bits per heavy atom. The van der Waals surface area contributed by atoms with E-state index in [1.54, 1.807) is 4.90 Å². The third-order valence-electron chi connectivity index (χ3n) is 3.27. The van der Waals surface area contributed by atoms with Crippen molar-refractivity contribution in [3.63, 3.8) is 0 Å². The quantitative estimate of drug-likeness (QED) is 0.691. The van der Waals surface area contributed by atoms with E-state index in [0.29, 0.717) is 13.2 Å². The van der Waals surface area contributed by atoms with Crippen LogP contribution in [0.1, 0.15) is 33.6 Å². The fourth-order valence-corrected chi connectivity index (χ4v) is 2.55. The molecule has 0 bridgehead atoms. The van der Waals surface area contributed by atoms with Gasteiger partial charge >= 0.3 is 6.09 Å². The molecule has 0 spiro atoms. The zero-order valence-corrected chi connectivity index (χ0v) is 10.8. The molecule has 0 radical (unpaired) electrons. The van der Waals surface area contributed by atoms with Crippen LogP contribution in [0.15, 0.2) is 0 Å². The number of rotatable bonds is 0. The second kappa shape index (κ2) is 4.46. The maximum absolute atomic E-state index is 12.1. The van der Waals surface area contributed by atoms with Crippen molar-refractivity contribution >= 4 is 6.09 Å². The van der Waals surface area contributed by atoms with Crippen LogP contribution in [0.5, 0.6) is 0 Å². The average Bonchev–Trinajstić information content (AvgIpc) is 2.58. The van der Waals surface area contributed by atoms with Crippen LogP contribution in [-0.4, -0.2) is 47.9 Å². The highest BCUT2D eigenvalue weighted by atomic mass is 16.6. The molecule has 0 aromatic heterocycles. The molecule has 5 nitrogen and oxygen atoms in total. The Bertz CT molecular complexity index is 301. The van der Waals surface area contributed by atoms with Gasteiger partial charge in [0.25, 0.3) is 0 Å². The van der Waals surface area contributed by atoms with Gasteiger partial charge in [0.05, 0.1) is 18.8 Å².